The van der Waals surface area contributed by atoms with Gasteiger partial charge in [0, 0.05) is 31.1 Å². The summed E-state index contributed by atoms with van der Waals surface area (Å²) < 4.78 is 5.36. The fraction of sp³-hybridized carbons (Fsp3) is 0.571. The molecule has 2 fully saturated rings. The average molecular weight is 574 g/mol. The van der Waals surface area contributed by atoms with Crippen molar-refractivity contribution >= 4 is 35.5 Å². The third-order valence-electron chi connectivity index (χ3n) is 6.96. The van der Waals surface area contributed by atoms with Gasteiger partial charge in [-0.1, -0.05) is 18.2 Å². The Hall–Kier alpha value is -4.00. The van der Waals surface area contributed by atoms with E-state index < -0.39 is 47.9 Å². The van der Waals surface area contributed by atoms with E-state index in [4.69, 9.17) is 4.74 Å². The molecule has 1 aromatic carbocycles. The maximum Gasteiger partial charge on any atom is 0.326 e. The fourth-order valence-electron chi connectivity index (χ4n) is 4.82. The largest absolute Gasteiger partial charge is 0.480 e. The first-order valence-electron chi connectivity index (χ1n) is 13.9. The summed E-state index contributed by atoms with van der Waals surface area (Å²) in [6, 6.07) is 4.44. The number of nitrogens with zero attached hydrogens (tertiary/aromatic N) is 1. The first kappa shape index (κ1) is 31.5. The zero-order chi connectivity index (χ0) is 29.9. The van der Waals surface area contributed by atoms with Crippen LogP contribution < -0.4 is 21.3 Å². The van der Waals surface area contributed by atoms with Crippen LogP contribution in [0.5, 0.6) is 0 Å². The molecule has 2 heterocycles. The molecule has 2 aliphatic rings. The Labute approximate surface area is 238 Å². The minimum absolute atomic E-state index is 0.0118. The number of carboxylic acid groups (broad SMARTS) is 1. The summed E-state index contributed by atoms with van der Waals surface area (Å²) in [7, 11) is 0. The summed E-state index contributed by atoms with van der Waals surface area (Å²) in [5.74, 6) is -3.77. The first-order valence-corrected chi connectivity index (χ1v) is 13.9. The normalized spacial score (nSPS) is 24.4. The Balaban J connectivity index is 1.86. The van der Waals surface area contributed by atoms with Crippen molar-refractivity contribution in [3.05, 3.63) is 35.9 Å². The van der Waals surface area contributed by atoms with E-state index in [1.54, 1.807) is 44.2 Å². The number of carbonyl (C=O) groups is 6. The van der Waals surface area contributed by atoms with Crippen LogP contribution in [0.1, 0.15) is 62.7 Å². The van der Waals surface area contributed by atoms with E-state index in [0.717, 1.165) is 0 Å². The SMILES string of the molecule is CC(C)OCC(=O)N[C@H]1CCCCNC(=O)CC[C@@H](C(=O)O)NC(=O)[C@@H]2C[C@@H](NC(=O)c3ccccc3)CN2C1=O. The molecular weight excluding hydrogens is 534 g/mol. The lowest BCUT2D eigenvalue weighted by atomic mass is 10.1. The van der Waals surface area contributed by atoms with Crippen LogP contribution in [-0.4, -0.2) is 95.5 Å². The van der Waals surface area contributed by atoms with Crippen LogP contribution in [0.2, 0.25) is 0 Å². The van der Waals surface area contributed by atoms with Crippen molar-refractivity contribution in [2.45, 2.75) is 82.6 Å². The number of rotatable bonds is 7. The number of fused-ring (bicyclic) bond motifs is 1. The predicted octanol–water partition coefficient (Wildman–Crippen LogP) is -0.0546. The number of aliphatic carboxylic acids is 1. The van der Waals surface area contributed by atoms with Gasteiger partial charge >= 0.3 is 5.97 Å². The summed E-state index contributed by atoms with van der Waals surface area (Å²) in [5, 5.41) is 20.4. The molecule has 1 aromatic rings. The van der Waals surface area contributed by atoms with Crippen LogP contribution >= 0.6 is 0 Å². The Morgan fingerprint density at radius 1 is 1.07 bits per heavy atom. The van der Waals surface area contributed by atoms with Gasteiger partial charge in [-0.05, 0) is 58.1 Å². The standard InChI is InChI=1S/C28H39N5O8/c1-17(2)41-16-24(35)31-20-10-6-7-13-29-23(34)12-11-21(28(39)40)32-26(37)22-14-19(15-33(22)27(20)38)30-25(36)18-8-4-3-5-9-18/h3-5,8-9,17,19-22H,6-7,10-16H2,1-2H3,(H,29,34)(H,30,36)(H,31,35)(H,32,37)(H,39,40)/t19-,20+,21+,22+/m1/s1. The number of carboxylic acids is 1. The molecular formula is C28H39N5O8. The fourth-order valence-corrected chi connectivity index (χ4v) is 4.82. The van der Waals surface area contributed by atoms with Crippen molar-refractivity contribution < 1.29 is 38.6 Å². The molecule has 13 nitrogen and oxygen atoms in total. The number of ether oxygens (including phenoxy) is 1. The van der Waals surface area contributed by atoms with Crippen molar-refractivity contribution in [3.8, 4) is 0 Å². The summed E-state index contributed by atoms with van der Waals surface area (Å²) >= 11 is 0. The van der Waals surface area contributed by atoms with Crippen molar-refractivity contribution in [2.75, 3.05) is 19.7 Å². The van der Waals surface area contributed by atoms with Gasteiger partial charge < -0.3 is 36.0 Å². The second-order valence-corrected chi connectivity index (χ2v) is 10.5. The third-order valence-corrected chi connectivity index (χ3v) is 6.96. The number of hydrogen-bond acceptors (Lipinski definition) is 7. The second-order valence-electron chi connectivity index (χ2n) is 10.5. The smallest absolute Gasteiger partial charge is 0.326 e. The van der Waals surface area contributed by atoms with Crippen LogP contribution in [-0.2, 0) is 28.7 Å². The van der Waals surface area contributed by atoms with Gasteiger partial charge in [0.05, 0.1) is 6.10 Å². The lowest BCUT2D eigenvalue weighted by Crippen LogP contribution is -2.55. The molecule has 41 heavy (non-hydrogen) atoms. The predicted molar refractivity (Wildman–Crippen MR) is 146 cm³/mol. The molecule has 2 saturated heterocycles. The van der Waals surface area contributed by atoms with E-state index >= 15 is 0 Å². The molecule has 2 aliphatic heterocycles. The van der Waals surface area contributed by atoms with Crippen LogP contribution in [0.15, 0.2) is 30.3 Å². The zero-order valence-electron chi connectivity index (χ0n) is 23.4. The number of nitrogens with one attached hydrogen (secondary N) is 4. The third kappa shape index (κ3) is 9.55. The van der Waals surface area contributed by atoms with Gasteiger partial charge in [-0.15, -0.1) is 0 Å². The lowest BCUT2D eigenvalue weighted by molar-refractivity contribution is -0.145. The van der Waals surface area contributed by atoms with Gasteiger partial charge in [-0.2, -0.15) is 0 Å². The molecule has 0 unspecified atom stereocenters. The lowest BCUT2D eigenvalue weighted by Gasteiger charge is -2.29. The molecule has 4 atom stereocenters. The van der Waals surface area contributed by atoms with E-state index in [0.29, 0.717) is 24.9 Å². The Morgan fingerprint density at radius 3 is 2.49 bits per heavy atom. The van der Waals surface area contributed by atoms with Gasteiger partial charge in [0.25, 0.3) is 5.91 Å². The van der Waals surface area contributed by atoms with Crippen molar-refractivity contribution in [1.82, 2.24) is 26.2 Å². The number of carbonyl (C=O) groups excluding carboxylic acids is 5. The van der Waals surface area contributed by atoms with Gasteiger partial charge in [0.1, 0.15) is 24.7 Å². The maximum atomic E-state index is 13.8. The number of hydrogen-bond donors (Lipinski definition) is 5. The van der Waals surface area contributed by atoms with Gasteiger partial charge in [-0.3, -0.25) is 24.0 Å². The summed E-state index contributed by atoms with van der Waals surface area (Å²) in [6.07, 6.45) is 0.859. The average Bonchev–Trinajstić information content (AvgIpc) is 3.36. The van der Waals surface area contributed by atoms with Crippen LogP contribution in [0, 0.1) is 0 Å². The molecule has 5 amide bonds. The highest BCUT2D eigenvalue weighted by Gasteiger charge is 2.43. The van der Waals surface area contributed by atoms with Crippen molar-refractivity contribution in [3.63, 3.8) is 0 Å². The molecule has 0 saturated carbocycles. The van der Waals surface area contributed by atoms with Gasteiger partial charge in [-0.25, -0.2) is 4.79 Å². The first-order chi connectivity index (χ1) is 19.5. The Morgan fingerprint density at radius 2 is 1.80 bits per heavy atom. The molecule has 224 valence electrons. The Bertz CT molecular complexity index is 1110. The van der Waals surface area contributed by atoms with E-state index in [1.807, 2.05) is 0 Å². The topological polar surface area (TPSA) is 183 Å². The minimum Gasteiger partial charge on any atom is -0.480 e. The van der Waals surface area contributed by atoms with Crippen LogP contribution in [0.25, 0.3) is 0 Å². The summed E-state index contributed by atoms with van der Waals surface area (Å²) in [5.41, 5.74) is 0.409. The highest BCUT2D eigenvalue weighted by Crippen LogP contribution is 2.22. The molecule has 0 bridgehead atoms. The number of amides is 5. The minimum atomic E-state index is -1.35. The van der Waals surface area contributed by atoms with E-state index in [9.17, 15) is 33.9 Å². The quantitative estimate of drug-likeness (QED) is 0.301. The molecule has 0 aliphatic carbocycles. The molecule has 13 heteroatoms. The van der Waals surface area contributed by atoms with E-state index in [2.05, 4.69) is 21.3 Å². The van der Waals surface area contributed by atoms with Gasteiger partial charge in [0.2, 0.25) is 23.6 Å². The van der Waals surface area contributed by atoms with Gasteiger partial charge in [0.15, 0.2) is 0 Å². The zero-order valence-corrected chi connectivity index (χ0v) is 23.4. The summed E-state index contributed by atoms with van der Waals surface area (Å²) in [4.78, 5) is 78.0. The van der Waals surface area contributed by atoms with E-state index in [1.165, 1.54) is 4.90 Å². The van der Waals surface area contributed by atoms with Crippen molar-refractivity contribution in [1.29, 1.82) is 0 Å². The monoisotopic (exact) mass is 573 g/mol. The van der Waals surface area contributed by atoms with Crippen molar-refractivity contribution in [2.24, 2.45) is 0 Å². The Kier molecular flexibility index (Phi) is 11.6. The second kappa shape index (κ2) is 15.1. The summed E-state index contributed by atoms with van der Waals surface area (Å²) in [6.45, 7) is 3.60. The van der Waals surface area contributed by atoms with Crippen LogP contribution in [0.3, 0.4) is 0 Å². The highest BCUT2D eigenvalue weighted by atomic mass is 16.5. The molecule has 3 rings (SSSR count). The highest BCUT2D eigenvalue weighted by molar-refractivity contribution is 5.96. The van der Waals surface area contributed by atoms with Crippen LogP contribution in [0.4, 0.5) is 0 Å². The molecule has 0 radical (unpaired) electrons. The molecule has 0 aromatic heterocycles. The molecule has 5 N–H and O–H groups in total. The molecule has 0 spiro atoms. The number of benzene rings is 1. The van der Waals surface area contributed by atoms with E-state index in [-0.39, 0.29) is 56.8 Å². The maximum absolute atomic E-state index is 13.8.